The van der Waals surface area contributed by atoms with Gasteiger partial charge in [-0.3, -0.25) is 9.59 Å². The van der Waals surface area contributed by atoms with E-state index in [9.17, 15) is 9.59 Å². The molecule has 3 aromatic rings. The number of likely N-dealkylation sites (N-methyl/N-ethyl adjacent to an activating group) is 1. The minimum atomic E-state index is -0.142. The summed E-state index contributed by atoms with van der Waals surface area (Å²) in [5.41, 5.74) is 2.51. The second-order valence-electron chi connectivity index (χ2n) is 8.74. The smallest absolute Gasteiger partial charge is 0.280 e. The van der Waals surface area contributed by atoms with Gasteiger partial charge in [-0.25, -0.2) is 4.98 Å². The van der Waals surface area contributed by atoms with Crippen molar-refractivity contribution in [3.8, 4) is 0 Å². The van der Waals surface area contributed by atoms with Gasteiger partial charge in [-0.05, 0) is 44.2 Å². The van der Waals surface area contributed by atoms with Crippen LogP contribution in [0.25, 0.3) is 10.9 Å². The highest BCUT2D eigenvalue weighted by Gasteiger charge is 2.30. The molecule has 1 aromatic carbocycles. The third-order valence-corrected chi connectivity index (χ3v) is 7.92. The normalized spacial score (nSPS) is 20.7. The van der Waals surface area contributed by atoms with E-state index >= 15 is 0 Å². The molecule has 176 valence electrons. The maximum atomic E-state index is 13.0. The predicted molar refractivity (Wildman–Crippen MR) is 136 cm³/mol. The van der Waals surface area contributed by atoms with E-state index in [0.29, 0.717) is 10.7 Å². The number of fused-ring (bicyclic) bond motifs is 2. The standard InChI is InChI=1S/C23H26BrN5O2S.ClH/c1-29-9-8-18-20(12-29)32-23(28-18)22(31)27-17-5-3-2-4-16(17)26-21(30)19-11-13-10-14(24)6-7-15(13)25-19;/h6-7,10-11,16-17,25H,2-5,8-9,12H2,1H3,(H,26,30)(H,27,31);1H. The number of nitrogens with zero attached hydrogens (tertiary/aromatic N) is 2. The van der Waals surface area contributed by atoms with E-state index in [-0.39, 0.29) is 36.3 Å². The molecule has 1 aliphatic heterocycles. The predicted octanol–water partition coefficient (Wildman–Crippen LogP) is 4.27. The van der Waals surface area contributed by atoms with E-state index in [1.165, 1.54) is 16.2 Å². The number of hydrogen-bond acceptors (Lipinski definition) is 5. The van der Waals surface area contributed by atoms with Crippen LogP contribution in [0, 0.1) is 0 Å². The van der Waals surface area contributed by atoms with Crippen molar-refractivity contribution in [3.63, 3.8) is 0 Å². The summed E-state index contributed by atoms with van der Waals surface area (Å²) >= 11 is 4.96. The van der Waals surface area contributed by atoms with E-state index < -0.39 is 0 Å². The summed E-state index contributed by atoms with van der Waals surface area (Å²) in [6, 6.07) is 7.55. The highest BCUT2D eigenvalue weighted by Crippen LogP contribution is 2.26. The molecule has 5 rings (SSSR count). The summed E-state index contributed by atoms with van der Waals surface area (Å²) in [6.45, 7) is 1.82. The van der Waals surface area contributed by atoms with Crippen LogP contribution in [0.2, 0.25) is 0 Å². The maximum absolute atomic E-state index is 13.0. The molecule has 33 heavy (non-hydrogen) atoms. The van der Waals surface area contributed by atoms with Crippen molar-refractivity contribution in [3.05, 3.63) is 50.0 Å². The molecule has 2 amide bonds. The number of carbonyl (C=O) groups is 2. The van der Waals surface area contributed by atoms with E-state index in [2.05, 4.69) is 48.5 Å². The van der Waals surface area contributed by atoms with Crippen LogP contribution in [-0.4, -0.2) is 52.4 Å². The lowest BCUT2D eigenvalue weighted by molar-refractivity contribution is 0.0860. The SMILES string of the molecule is CN1CCc2nc(C(=O)NC3CCCCC3NC(=O)c3cc4cc(Br)ccc4[nH]3)sc2C1.Cl. The molecule has 0 bridgehead atoms. The summed E-state index contributed by atoms with van der Waals surface area (Å²) in [5, 5.41) is 7.83. The quantitative estimate of drug-likeness (QED) is 0.451. The van der Waals surface area contributed by atoms with Gasteiger partial charge in [-0.15, -0.1) is 23.7 Å². The van der Waals surface area contributed by atoms with Crippen molar-refractivity contribution in [1.29, 1.82) is 0 Å². The summed E-state index contributed by atoms with van der Waals surface area (Å²) in [5.74, 6) is -0.273. The zero-order valence-electron chi connectivity index (χ0n) is 18.3. The first-order valence-corrected chi connectivity index (χ1v) is 12.6. The van der Waals surface area contributed by atoms with Crippen LogP contribution in [0.15, 0.2) is 28.7 Å². The Balaban J connectivity index is 0.00000259. The number of benzene rings is 1. The number of thiazole rings is 1. The summed E-state index contributed by atoms with van der Waals surface area (Å²) in [4.78, 5) is 37.1. The van der Waals surface area contributed by atoms with Gasteiger partial charge in [0.1, 0.15) is 5.69 Å². The lowest BCUT2D eigenvalue weighted by atomic mass is 9.90. The van der Waals surface area contributed by atoms with Gasteiger partial charge in [-0.2, -0.15) is 0 Å². The minimum Gasteiger partial charge on any atom is -0.351 e. The molecule has 2 atom stereocenters. The fourth-order valence-corrected chi connectivity index (χ4v) is 6.07. The van der Waals surface area contributed by atoms with Crippen LogP contribution < -0.4 is 10.6 Å². The second kappa shape index (κ2) is 10.1. The van der Waals surface area contributed by atoms with Gasteiger partial charge in [0.05, 0.1) is 5.69 Å². The molecule has 1 saturated carbocycles. The largest absolute Gasteiger partial charge is 0.351 e. The summed E-state index contributed by atoms with van der Waals surface area (Å²) in [6.07, 6.45) is 4.66. The first-order valence-electron chi connectivity index (χ1n) is 11.0. The average molecular weight is 553 g/mol. The van der Waals surface area contributed by atoms with Gasteiger partial charge in [0.2, 0.25) is 0 Å². The van der Waals surface area contributed by atoms with Gasteiger partial charge in [0.25, 0.3) is 11.8 Å². The molecule has 7 nitrogen and oxygen atoms in total. The number of nitrogens with one attached hydrogen (secondary N) is 3. The second-order valence-corrected chi connectivity index (χ2v) is 10.7. The van der Waals surface area contributed by atoms with E-state index in [4.69, 9.17) is 0 Å². The van der Waals surface area contributed by atoms with Crippen LogP contribution in [0.5, 0.6) is 0 Å². The molecular formula is C23H27BrClN5O2S. The molecule has 10 heteroatoms. The fraction of sp³-hybridized carbons (Fsp3) is 0.435. The topological polar surface area (TPSA) is 90.1 Å². The molecule has 0 spiro atoms. The molecule has 3 heterocycles. The maximum Gasteiger partial charge on any atom is 0.280 e. The first-order chi connectivity index (χ1) is 15.5. The molecule has 0 saturated heterocycles. The number of amides is 2. The van der Waals surface area contributed by atoms with Crippen LogP contribution in [0.3, 0.4) is 0 Å². The number of hydrogen-bond donors (Lipinski definition) is 3. The zero-order valence-corrected chi connectivity index (χ0v) is 21.5. The van der Waals surface area contributed by atoms with E-state index in [1.807, 2.05) is 24.3 Å². The summed E-state index contributed by atoms with van der Waals surface area (Å²) in [7, 11) is 2.09. The van der Waals surface area contributed by atoms with Crippen molar-refractivity contribution < 1.29 is 9.59 Å². The Labute approximate surface area is 211 Å². The number of aromatic nitrogens is 2. The van der Waals surface area contributed by atoms with Crippen molar-refractivity contribution in [2.75, 3.05) is 13.6 Å². The molecule has 2 unspecified atom stereocenters. The molecule has 3 N–H and O–H groups in total. The zero-order chi connectivity index (χ0) is 22.2. The molecular weight excluding hydrogens is 526 g/mol. The Morgan fingerprint density at radius 1 is 1.15 bits per heavy atom. The Bertz CT molecular complexity index is 1180. The lowest BCUT2D eigenvalue weighted by Crippen LogP contribution is -2.53. The Morgan fingerprint density at radius 3 is 2.64 bits per heavy atom. The fourth-order valence-electron chi connectivity index (χ4n) is 4.60. The molecule has 0 radical (unpaired) electrons. The molecule has 2 aliphatic rings. The van der Waals surface area contributed by atoms with Crippen LogP contribution in [0.1, 0.15) is 56.5 Å². The van der Waals surface area contributed by atoms with Crippen molar-refractivity contribution >= 4 is 62.4 Å². The third kappa shape index (κ3) is 5.26. The number of aromatic amines is 1. The van der Waals surface area contributed by atoms with Gasteiger partial charge >= 0.3 is 0 Å². The summed E-state index contributed by atoms with van der Waals surface area (Å²) < 4.78 is 0.974. The minimum absolute atomic E-state index is 0. The average Bonchev–Trinajstić information content (AvgIpc) is 3.38. The van der Waals surface area contributed by atoms with E-state index in [1.54, 1.807) is 0 Å². The molecule has 2 aromatic heterocycles. The van der Waals surface area contributed by atoms with Crippen molar-refractivity contribution in [2.24, 2.45) is 0 Å². The molecule has 1 fully saturated rings. The van der Waals surface area contributed by atoms with Gasteiger partial charge in [0, 0.05) is 51.8 Å². The number of H-pyrrole nitrogens is 1. The van der Waals surface area contributed by atoms with E-state index in [0.717, 1.165) is 66.3 Å². The highest BCUT2D eigenvalue weighted by atomic mass is 79.9. The number of carbonyl (C=O) groups excluding carboxylic acids is 2. The first kappa shape index (κ1) is 24.2. The Morgan fingerprint density at radius 2 is 1.88 bits per heavy atom. The monoisotopic (exact) mass is 551 g/mol. The number of rotatable bonds is 4. The van der Waals surface area contributed by atoms with Crippen LogP contribution >= 0.6 is 39.7 Å². The van der Waals surface area contributed by atoms with Gasteiger partial charge < -0.3 is 20.5 Å². The lowest BCUT2D eigenvalue weighted by Gasteiger charge is -2.32. The van der Waals surface area contributed by atoms with Gasteiger partial charge in [0.15, 0.2) is 5.01 Å². The highest BCUT2D eigenvalue weighted by molar-refractivity contribution is 9.10. The Kier molecular flexibility index (Phi) is 7.43. The van der Waals surface area contributed by atoms with Gasteiger partial charge in [-0.1, -0.05) is 28.8 Å². The Hall–Kier alpha value is -1.94. The molecule has 1 aliphatic carbocycles. The third-order valence-electron chi connectivity index (χ3n) is 6.34. The van der Waals surface area contributed by atoms with Crippen molar-refractivity contribution in [1.82, 2.24) is 25.5 Å². The van der Waals surface area contributed by atoms with Crippen LogP contribution in [-0.2, 0) is 13.0 Å². The number of halogens is 2. The van der Waals surface area contributed by atoms with Crippen molar-refractivity contribution in [2.45, 2.75) is 50.7 Å². The van der Waals surface area contributed by atoms with Crippen LogP contribution in [0.4, 0.5) is 0 Å².